The molecule has 1 amide bonds. The van der Waals surface area contributed by atoms with Crippen molar-refractivity contribution in [3.05, 3.63) is 66.2 Å². The third-order valence-electron chi connectivity index (χ3n) is 4.97. The second kappa shape index (κ2) is 12.0. The van der Waals surface area contributed by atoms with Gasteiger partial charge in [0, 0.05) is 7.05 Å². The van der Waals surface area contributed by atoms with E-state index in [9.17, 15) is 18.0 Å². The third kappa shape index (κ3) is 7.19. The van der Waals surface area contributed by atoms with Crippen LogP contribution in [0.2, 0.25) is 0 Å². The van der Waals surface area contributed by atoms with Gasteiger partial charge in [0.05, 0.1) is 16.7 Å². The van der Waals surface area contributed by atoms with Crippen molar-refractivity contribution in [1.82, 2.24) is 9.62 Å². The van der Waals surface area contributed by atoms with Crippen LogP contribution in [0.25, 0.3) is 0 Å². The van der Waals surface area contributed by atoms with Crippen LogP contribution in [0.3, 0.4) is 0 Å². The first-order valence-electron chi connectivity index (χ1n) is 10.2. The van der Waals surface area contributed by atoms with Gasteiger partial charge >= 0.3 is 0 Å². The zero-order valence-electron chi connectivity index (χ0n) is 18.2. The summed E-state index contributed by atoms with van der Waals surface area (Å²) in [6, 6.07) is 15.9. The van der Waals surface area contributed by atoms with E-state index in [1.165, 1.54) is 28.8 Å². The Kier molecular flexibility index (Phi) is 9.74. The molecule has 0 aromatic heterocycles. The summed E-state index contributed by atoms with van der Waals surface area (Å²) in [6.45, 7) is 1.89. The average molecular weight is 463 g/mol. The highest BCUT2D eigenvalue weighted by Crippen LogP contribution is 2.16. The van der Waals surface area contributed by atoms with Gasteiger partial charge in [-0.05, 0) is 36.8 Å². The number of carbonyl (C=O) groups is 2. The Morgan fingerprint density at radius 1 is 1.03 bits per heavy atom. The Morgan fingerprint density at radius 3 is 2.16 bits per heavy atom. The molecule has 0 spiro atoms. The Bertz CT molecular complexity index is 950. The summed E-state index contributed by atoms with van der Waals surface area (Å²) < 4.78 is 28.1. The number of carbonyl (C=O) groups excluding carboxylic acids is 2. The van der Waals surface area contributed by atoms with E-state index in [2.05, 4.69) is 4.72 Å². The highest BCUT2D eigenvalue weighted by molar-refractivity contribution is 7.99. The molecule has 2 rings (SSSR count). The number of nitrogens with one attached hydrogen (secondary N) is 1. The summed E-state index contributed by atoms with van der Waals surface area (Å²) >= 11 is 1.40. The number of hydrogen-bond acceptors (Lipinski definition) is 5. The fourth-order valence-electron chi connectivity index (χ4n) is 3.32. The molecule has 2 aromatic rings. The molecule has 0 unspecified atom stereocenters. The van der Waals surface area contributed by atoms with Gasteiger partial charge in [0.1, 0.15) is 6.04 Å². The van der Waals surface area contributed by atoms with Crippen LogP contribution in [0.5, 0.6) is 0 Å². The molecule has 6 nitrogen and oxygen atoms in total. The van der Waals surface area contributed by atoms with Gasteiger partial charge in [0.15, 0.2) is 5.78 Å². The number of nitrogens with zero attached hydrogens (tertiary/aromatic N) is 1. The van der Waals surface area contributed by atoms with E-state index in [0.29, 0.717) is 19.3 Å². The van der Waals surface area contributed by atoms with Crippen LogP contribution in [0.1, 0.15) is 25.3 Å². The molecule has 0 aliphatic rings. The second-order valence-electron chi connectivity index (χ2n) is 7.33. The van der Waals surface area contributed by atoms with Gasteiger partial charge in [-0.3, -0.25) is 9.59 Å². The van der Waals surface area contributed by atoms with Crippen LogP contribution in [0.15, 0.2) is 65.6 Å². The van der Waals surface area contributed by atoms with E-state index in [-0.39, 0.29) is 16.4 Å². The van der Waals surface area contributed by atoms with Crippen LogP contribution < -0.4 is 4.72 Å². The molecule has 2 aromatic carbocycles. The molecule has 1 N–H and O–H groups in total. The molecule has 0 heterocycles. The summed E-state index contributed by atoms with van der Waals surface area (Å²) in [5.74, 6) is -0.186. The molecule has 0 fully saturated rings. The van der Waals surface area contributed by atoms with Crippen LogP contribution in [0.4, 0.5) is 0 Å². The highest BCUT2D eigenvalue weighted by atomic mass is 32.2. The van der Waals surface area contributed by atoms with Gasteiger partial charge in [-0.1, -0.05) is 61.9 Å². The van der Waals surface area contributed by atoms with E-state index in [0.717, 1.165) is 5.56 Å². The fraction of sp³-hybridized carbons (Fsp3) is 0.391. The predicted molar refractivity (Wildman–Crippen MR) is 126 cm³/mol. The predicted octanol–water partition coefficient (Wildman–Crippen LogP) is 3.14. The van der Waals surface area contributed by atoms with Crippen molar-refractivity contribution in [3.63, 3.8) is 0 Å². The van der Waals surface area contributed by atoms with Crippen LogP contribution in [-0.4, -0.2) is 56.1 Å². The minimum atomic E-state index is -3.86. The highest BCUT2D eigenvalue weighted by Gasteiger charge is 2.33. The summed E-state index contributed by atoms with van der Waals surface area (Å²) in [4.78, 5) is 27.7. The Morgan fingerprint density at radius 2 is 1.61 bits per heavy atom. The minimum Gasteiger partial charge on any atom is -0.334 e. The van der Waals surface area contributed by atoms with Crippen molar-refractivity contribution in [2.75, 3.05) is 19.1 Å². The lowest BCUT2D eigenvalue weighted by molar-refractivity contribution is -0.138. The zero-order chi connectivity index (χ0) is 22.9. The van der Waals surface area contributed by atoms with E-state index in [1.807, 2.05) is 43.5 Å². The molecule has 2 atom stereocenters. The van der Waals surface area contributed by atoms with Crippen LogP contribution >= 0.6 is 11.8 Å². The van der Waals surface area contributed by atoms with Gasteiger partial charge in [-0.15, -0.1) is 0 Å². The molecule has 0 radical (unpaired) electrons. The summed E-state index contributed by atoms with van der Waals surface area (Å²) in [6.07, 6.45) is 3.17. The normalized spacial score (nSPS) is 13.4. The standard InChI is InChI=1S/C23H30N2O4S2/c1-4-11-20(24-31(28,29)19-14-9-6-10-15-19)23(27)25(2)21(22(26)17-30-3)16-18-12-7-5-8-13-18/h5-10,12-15,20-21,24H,4,11,16-17H2,1-3H3/t20-,21-/m0/s1. The second-order valence-corrected chi connectivity index (χ2v) is 9.91. The average Bonchev–Trinajstić information content (AvgIpc) is 2.77. The quantitative estimate of drug-likeness (QED) is 0.524. The molecule has 0 aliphatic heterocycles. The molecule has 0 aliphatic carbocycles. The van der Waals surface area contributed by atoms with Crippen LogP contribution in [0, 0.1) is 0 Å². The summed E-state index contributed by atoms with van der Waals surface area (Å²) in [5, 5.41) is 0. The summed E-state index contributed by atoms with van der Waals surface area (Å²) in [5.41, 5.74) is 0.943. The Hall–Kier alpha value is -2.16. The van der Waals surface area contributed by atoms with Crippen molar-refractivity contribution < 1.29 is 18.0 Å². The first kappa shape index (κ1) is 25.1. The topological polar surface area (TPSA) is 83.6 Å². The first-order chi connectivity index (χ1) is 14.8. The number of rotatable bonds is 12. The van der Waals surface area contributed by atoms with Crippen molar-refractivity contribution >= 4 is 33.5 Å². The number of benzene rings is 2. The van der Waals surface area contributed by atoms with Gasteiger partial charge in [-0.2, -0.15) is 16.5 Å². The Balaban J connectivity index is 2.26. The molecule has 0 saturated heterocycles. The molecule has 168 valence electrons. The van der Waals surface area contributed by atoms with Gasteiger partial charge < -0.3 is 4.90 Å². The first-order valence-corrected chi connectivity index (χ1v) is 13.1. The van der Waals surface area contributed by atoms with Crippen LogP contribution in [-0.2, 0) is 26.0 Å². The SMILES string of the molecule is CCC[C@H](NS(=O)(=O)c1ccccc1)C(=O)N(C)[C@@H](Cc1ccccc1)C(=O)CSC. The lowest BCUT2D eigenvalue weighted by Crippen LogP contribution is -2.53. The van der Waals surface area contributed by atoms with Crippen molar-refractivity contribution in [3.8, 4) is 0 Å². The lowest BCUT2D eigenvalue weighted by atomic mass is 10.0. The number of thioether (sulfide) groups is 1. The van der Waals surface area contributed by atoms with E-state index in [1.54, 1.807) is 25.2 Å². The Labute approximate surface area is 189 Å². The maximum absolute atomic E-state index is 13.3. The van der Waals surface area contributed by atoms with Gasteiger partial charge in [-0.25, -0.2) is 8.42 Å². The molecule has 0 bridgehead atoms. The molecular formula is C23H30N2O4S2. The van der Waals surface area contributed by atoms with E-state index >= 15 is 0 Å². The number of hydrogen-bond donors (Lipinski definition) is 1. The zero-order valence-corrected chi connectivity index (χ0v) is 19.8. The van der Waals surface area contributed by atoms with E-state index < -0.39 is 28.0 Å². The largest absolute Gasteiger partial charge is 0.334 e. The summed E-state index contributed by atoms with van der Waals surface area (Å²) in [7, 11) is -2.28. The van der Waals surface area contributed by atoms with Crippen molar-refractivity contribution in [1.29, 1.82) is 0 Å². The minimum absolute atomic E-state index is 0.0617. The monoisotopic (exact) mass is 462 g/mol. The van der Waals surface area contributed by atoms with Crippen molar-refractivity contribution in [2.45, 2.75) is 43.2 Å². The maximum atomic E-state index is 13.3. The molecule has 31 heavy (non-hydrogen) atoms. The molecular weight excluding hydrogens is 432 g/mol. The van der Waals surface area contributed by atoms with Gasteiger partial charge in [0.2, 0.25) is 15.9 Å². The number of Topliss-reactive ketones (excluding diaryl/α,β-unsaturated/α-hetero) is 1. The smallest absolute Gasteiger partial charge is 0.241 e. The van der Waals surface area contributed by atoms with Gasteiger partial charge in [0.25, 0.3) is 0 Å². The number of likely N-dealkylation sites (N-methyl/N-ethyl adjacent to an activating group) is 1. The maximum Gasteiger partial charge on any atom is 0.241 e. The number of amides is 1. The lowest BCUT2D eigenvalue weighted by Gasteiger charge is -2.31. The number of ketones is 1. The van der Waals surface area contributed by atoms with Crippen molar-refractivity contribution in [2.24, 2.45) is 0 Å². The van der Waals surface area contributed by atoms with E-state index in [4.69, 9.17) is 0 Å². The fourth-order valence-corrected chi connectivity index (χ4v) is 5.04. The molecule has 0 saturated carbocycles. The molecule has 8 heteroatoms. The number of sulfonamides is 1. The third-order valence-corrected chi connectivity index (χ3v) is 7.03.